The van der Waals surface area contributed by atoms with Gasteiger partial charge in [-0.25, -0.2) is 4.98 Å². The fourth-order valence-corrected chi connectivity index (χ4v) is 1.41. The summed E-state index contributed by atoms with van der Waals surface area (Å²) in [6, 6.07) is 0. The summed E-state index contributed by atoms with van der Waals surface area (Å²) in [6.07, 6.45) is 0.958. The van der Waals surface area contributed by atoms with Gasteiger partial charge in [-0.05, 0) is 12.3 Å². The summed E-state index contributed by atoms with van der Waals surface area (Å²) in [6.45, 7) is 1.97. The summed E-state index contributed by atoms with van der Waals surface area (Å²) in [4.78, 5) is 5.24. The molecule has 11 heavy (non-hydrogen) atoms. The largest absolute Gasteiger partial charge is 0.384 e. The number of thiazole rings is 1. The van der Waals surface area contributed by atoms with Crippen molar-refractivity contribution in [3.8, 4) is 11.8 Å². The maximum Gasteiger partial charge on any atom is 0.127 e. The zero-order valence-corrected chi connectivity index (χ0v) is 7.11. The van der Waals surface area contributed by atoms with E-state index >= 15 is 0 Å². The zero-order valence-electron chi connectivity index (χ0n) is 6.29. The Morgan fingerprint density at radius 1 is 1.73 bits per heavy atom. The van der Waals surface area contributed by atoms with Gasteiger partial charge in [-0.3, -0.25) is 0 Å². The number of aliphatic hydroxyl groups excluding tert-OH is 1. The Morgan fingerprint density at radius 3 is 3.18 bits per heavy atom. The van der Waals surface area contributed by atoms with Crippen LogP contribution in [-0.2, 0) is 6.42 Å². The Balaban J connectivity index is 2.84. The van der Waals surface area contributed by atoms with Crippen LogP contribution in [0.2, 0.25) is 0 Å². The molecule has 1 rings (SSSR count). The van der Waals surface area contributed by atoms with Crippen molar-refractivity contribution in [2.45, 2.75) is 13.3 Å². The molecule has 0 saturated heterocycles. The van der Waals surface area contributed by atoms with E-state index in [1.807, 2.05) is 0 Å². The number of aromatic nitrogens is 1. The second-order valence-corrected chi connectivity index (χ2v) is 2.88. The van der Waals surface area contributed by atoms with Crippen molar-refractivity contribution in [3.63, 3.8) is 0 Å². The van der Waals surface area contributed by atoms with Gasteiger partial charge >= 0.3 is 0 Å². The summed E-state index contributed by atoms with van der Waals surface area (Å²) in [5.41, 5.74) is 2.59. The molecule has 0 aromatic carbocycles. The van der Waals surface area contributed by atoms with E-state index in [2.05, 4.69) is 23.7 Å². The summed E-state index contributed by atoms with van der Waals surface area (Å²) < 4.78 is 0. The van der Waals surface area contributed by atoms with E-state index < -0.39 is 0 Å². The van der Waals surface area contributed by atoms with Gasteiger partial charge in [0, 0.05) is 4.88 Å². The highest BCUT2D eigenvalue weighted by atomic mass is 32.1. The van der Waals surface area contributed by atoms with Crippen molar-refractivity contribution in [1.29, 1.82) is 0 Å². The molecule has 0 aliphatic carbocycles. The average Bonchev–Trinajstić information content (AvgIpc) is 2.47. The van der Waals surface area contributed by atoms with Crippen LogP contribution >= 0.6 is 11.3 Å². The number of hydrogen-bond donors (Lipinski definition) is 1. The first-order chi connectivity index (χ1) is 5.38. The van der Waals surface area contributed by atoms with E-state index in [-0.39, 0.29) is 6.61 Å². The number of rotatable bonds is 1. The lowest BCUT2D eigenvalue weighted by Gasteiger charge is -1.86. The molecule has 0 unspecified atom stereocenters. The van der Waals surface area contributed by atoms with Gasteiger partial charge in [0.05, 0.1) is 5.51 Å². The molecule has 0 amide bonds. The summed E-state index contributed by atoms with van der Waals surface area (Å²) in [5, 5.41) is 8.43. The normalized spacial score (nSPS) is 8.91. The summed E-state index contributed by atoms with van der Waals surface area (Å²) in [5.74, 6) is 5.37. The van der Waals surface area contributed by atoms with Gasteiger partial charge in [-0.15, -0.1) is 11.3 Å². The van der Waals surface area contributed by atoms with Gasteiger partial charge in [0.2, 0.25) is 0 Å². The zero-order chi connectivity index (χ0) is 8.10. The lowest BCUT2D eigenvalue weighted by molar-refractivity contribution is 0.350. The van der Waals surface area contributed by atoms with Crippen LogP contribution in [-0.4, -0.2) is 16.7 Å². The molecule has 1 aromatic rings. The third kappa shape index (κ3) is 2.04. The van der Waals surface area contributed by atoms with Crippen molar-refractivity contribution in [2.75, 3.05) is 6.61 Å². The maximum absolute atomic E-state index is 8.43. The number of aliphatic hydroxyl groups is 1. The Kier molecular flexibility index (Phi) is 3.09. The first kappa shape index (κ1) is 8.25. The van der Waals surface area contributed by atoms with Gasteiger partial charge in [0.25, 0.3) is 0 Å². The molecular weight excluding hydrogens is 158 g/mol. The van der Waals surface area contributed by atoms with Gasteiger partial charge in [-0.2, -0.15) is 0 Å². The van der Waals surface area contributed by atoms with Crippen LogP contribution < -0.4 is 0 Å². The molecule has 0 aliphatic heterocycles. The van der Waals surface area contributed by atoms with Crippen LogP contribution in [0, 0.1) is 11.8 Å². The first-order valence-electron chi connectivity index (χ1n) is 3.40. The molecule has 58 valence electrons. The first-order valence-corrected chi connectivity index (χ1v) is 4.28. The molecule has 0 atom stereocenters. The van der Waals surface area contributed by atoms with Crippen molar-refractivity contribution < 1.29 is 5.11 Å². The monoisotopic (exact) mass is 167 g/mol. The van der Waals surface area contributed by atoms with Crippen molar-refractivity contribution in [1.82, 2.24) is 4.98 Å². The Hall–Kier alpha value is -0.850. The molecule has 0 bridgehead atoms. The topological polar surface area (TPSA) is 33.1 Å². The highest BCUT2D eigenvalue weighted by Gasteiger charge is 1.98. The van der Waals surface area contributed by atoms with Gasteiger partial charge in [0.1, 0.15) is 12.3 Å². The minimum Gasteiger partial charge on any atom is -0.384 e. The van der Waals surface area contributed by atoms with Gasteiger partial charge in [0.15, 0.2) is 0 Å². The van der Waals surface area contributed by atoms with Crippen molar-refractivity contribution in [2.24, 2.45) is 0 Å². The van der Waals surface area contributed by atoms with Crippen LogP contribution in [0.3, 0.4) is 0 Å². The quantitative estimate of drug-likeness (QED) is 0.634. The second kappa shape index (κ2) is 4.12. The van der Waals surface area contributed by atoms with Crippen LogP contribution in [0.1, 0.15) is 17.5 Å². The number of aryl methyl sites for hydroxylation is 1. The predicted octanol–water partition coefficient (Wildman–Crippen LogP) is 1.05. The molecule has 0 fully saturated rings. The maximum atomic E-state index is 8.43. The van der Waals surface area contributed by atoms with Crippen molar-refractivity contribution >= 4 is 11.3 Å². The summed E-state index contributed by atoms with van der Waals surface area (Å²) in [7, 11) is 0. The molecule has 0 spiro atoms. The van der Waals surface area contributed by atoms with Crippen LogP contribution in [0.5, 0.6) is 0 Å². The van der Waals surface area contributed by atoms with Crippen LogP contribution in [0.4, 0.5) is 0 Å². The molecule has 0 aliphatic rings. The fraction of sp³-hybridized carbons (Fsp3) is 0.375. The number of nitrogens with zero attached hydrogens (tertiary/aromatic N) is 1. The lowest BCUT2D eigenvalue weighted by Crippen LogP contribution is -1.82. The summed E-state index contributed by atoms with van der Waals surface area (Å²) >= 11 is 1.60. The average molecular weight is 167 g/mol. The molecule has 3 heteroatoms. The minimum atomic E-state index is -0.0965. The molecule has 1 N–H and O–H groups in total. The Morgan fingerprint density at radius 2 is 2.55 bits per heavy atom. The molecular formula is C8H9NOS. The van der Waals surface area contributed by atoms with E-state index in [1.54, 1.807) is 16.8 Å². The predicted molar refractivity (Wildman–Crippen MR) is 45.5 cm³/mol. The number of hydrogen-bond acceptors (Lipinski definition) is 3. The highest BCUT2D eigenvalue weighted by Crippen LogP contribution is 2.11. The minimum absolute atomic E-state index is 0.0965. The van der Waals surface area contributed by atoms with Crippen LogP contribution in [0.15, 0.2) is 5.51 Å². The third-order valence-corrected chi connectivity index (χ3v) is 2.23. The molecule has 1 aromatic heterocycles. The van der Waals surface area contributed by atoms with E-state index in [0.717, 1.165) is 12.1 Å². The second-order valence-electron chi connectivity index (χ2n) is 1.94. The van der Waals surface area contributed by atoms with Gasteiger partial charge in [-0.1, -0.05) is 12.8 Å². The highest BCUT2D eigenvalue weighted by molar-refractivity contribution is 7.09. The van der Waals surface area contributed by atoms with Crippen molar-refractivity contribution in [3.05, 3.63) is 16.1 Å². The standard InChI is InChI=1S/C8H9NOS/c1-2-8-7(4-3-5-10)9-6-11-8/h6,10H,2,5H2,1H3. The lowest BCUT2D eigenvalue weighted by atomic mass is 10.3. The van der Waals surface area contributed by atoms with E-state index in [1.165, 1.54) is 4.88 Å². The fourth-order valence-electron chi connectivity index (χ4n) is 0.747. The van der Waals surface area contributed by atoms with E-state index in [9.17, 15) is 0 Å². The smallest absolute Gasteiger partial charge is 0.127 e. The van der Waals surface area contributed by atoms with Gasteiger partial charge < -0.3 is 5.11 Å². The molecule has 2 nitrogen and oxygen atoms in total. The SMILES string of the molecule is CCc1scnc1C#CCO. The Bertz CT molecular complexity index is 282. The molecule has 0 radical (unpaired) electrons. The van der Waals surface area contributed by atoms with E-state index in [4.69, 9.17) is 5.11 Å². The Labute approximate surface area is 69.9 Å². The third-order valence-electron chi connectivity index (χ3n) is 1.25. The molecule has 0 saturated carbocycles. The van der Waals surface area contributed by atoms with Crippen LogP contribution in [0.25, 0.3) is 0 Å². The molecule has 1 heterocycles. The van der Waals surface area contributed by atoms with E-state index in [0.29, 0.717) is 0 Å².